The molecule has 4 nitrogen and oxygen atoms in total. The Bertz CT molecular complexity index is 569. The Kier molecular flexibility index (Phi) is 3.66. The Morgan fingerprint density at radius 1 is 1.21 bits per heavy atom. The molecule has 1 fully saturated rings. The summed E-state index contributed by atoms with van der Waals surface area (Å²) >= 11 is 3.50. The van der Waals surface area contributed by atoms with Crippen LogP contribution < -0.4 is 5.73 Å². The minimum Gasteiger partial charge on any atom is -0.339 e. The molecule has 2 aromatic rings. The number of aromatic nitrogens is 2. The molecule has 19 heavy (non-hydrogen) atoms. The molecule has 1 aromatic carbocycles. The van der Waals surface area contributed by atoms with Crippen LogP contribution in [0.4, 0.5) is 0 Å². The zero-order valence-electron chi connectivity index (χ0n) is 10.6. The average molecular weight is 322 g/mol. The summed E-state index contributed by atoms with van der Waals surface area (Å²) in [5, 5.41) is 4.09. The van der Waals surface area contributed by atoms with Gasteiger partial charge in [0.2, 0.25) is 11.7 Å². The lowest BCUT2D eigenvalue weighted by molar-refractivity contribution is 0.290. The van der Waals surface area contributed by atoms with Crippen molar-refractivity contribution < 1.29 is 4.52 Å². The number of nitrogens with zero attached hydrogens (tertiary/aromatic N) is 2. The second-order valence-corrected chi connectivity index (χ2v) is 5.85. The summed E-state index contributed by atoms with van der Waals surface area (Å²) in [5.41, 5.74) is 7.10. The van der Waals surface area contributed by atoms with E-state index in [2.05, 4.69) is 26.1 Å². The maximum absolute atomic E-state index is 6.15. The summed E-state index contributed by atoms with van der Waals surface area (Å²) in [6.07, 6.45) is 4.46. The third-order valence-electron chi connectivity index (χ3n) is 3.69. The lowest BCUT2D eigenvalue weighted by Gasteiger charge is -2.25. The van der Waals surface area contributed by atoms with E-state index < -0.39 is 0 Å². The summed E-state index contributed by atoms with van der Waals surface area (Å²) in [4.78, 5) is 4.53. The molecular weight excluding hydrogens is 306 g/mol. The summed E-state index contributed by atoms with van der Waals surface area (Å²) in [6, 6.07) is 8.01. The topological polar surface area (TPSA) is 64.9 Å². The van der Waals surface area contributed by atoms with Crippen LogP contribution in [0, 0.1) is 0 Å². The smallest absolute Gasteiger partial charge is 0.231 e. The largest absolute Gasteiger partial charge is 0.339 e. The van der Waals surface area contributed by atoms with Gasteiger partial charge in [0.25, 0.3) is 0 Å². The first kappa shape index (κ1) is 12.8. The highest BCUT2D eigenvalue weighted by atomic mass is 79.9. The van der Waals surface area contributed by atoms with Crippen LogP contribution in [-0.2, 0) is 0 Å². The van der Waals surface area contributed by atoms with Gasteiger partial charge in [-0.25, -0.2) is 0 Å². The van der Waals surface area contributed by atoms with Crippen molar-refractivity contribution in [3.8, 4) is 11.4 Å². The summed E-state index contributed by atoms with van der Waals surface area (Å²) in [7, 11) is 0. The molecule has 1 aliphatic rings. The Labute approximate surface area is 120 Å². The first-order valence-electron chi connectivity index (χ1n) is 6.60. The van der Waals surface area contributed by atoms with Crippen LogP contribution >= 0.6 is 15.9 Å². The fraction of sp³-hybridized carbons (Fsp3) is 0.429. The fourth-order valence-corrected chi connectivity index (χ4v) is 3.07. The number of halogens is 1. The van der Waals surface area contributed by atoms with Gasteiger partial charge in [-0.3, -0.25) is 0 Å². The highest BCUT2D eigenvalue weighted by molar-refractivity contribution is 9.10. The summed E-state index contributed by atoms with van der Waals surface area (Å²) < 4.78 is 6.39. The molecule has 1 aromatic heterocycles. The molecule has 0 radical (unpaired) electrons. The van der Waals surface area contributed by atoms with Crippen LogP contribution in [0.2, 0.25) is 0 Å². The van der Waals surface area contributed by atoms with Crippen LogP contribution in [-0.4, -0.2) is 16.2 Å². The molecule has 1 heterocycles. The Morgan fingerprint density at radius 2 is 2.00 bits per heavy atom. The molecule has 3 rings (SSSR count). The molecule has 2 N–H and O–H groups in total. The van der Waals surface area contributed by atoms with Crippen LogP contribution in [0.15, 0.2) is 33.3 Å². The van der Waals surface area contributed by atoms with Gasteiger partial charge in [-0.1, -0.05) is 46.1 Å². The highest BCUT2D eigenvalue weighted by Gasteiger charge is 2.28. The maximum atomic E-state index is 6.15. The van der Waals surface area contributed by atoms with Gasteiger partial charge in [0.1, 0.15) is 0 Å². The maximum Gasteiger partial charge on any atom is 0.231 e. The summed E-state index contributed by atoms with van der Waals surface area (Å²) in [6.45, 7) is 0. The number of hydrogen-bond donors (Lipinski definition) is 1. The monoisotopic (exact) mass is 321 g/mol. The number of benzene rings is 1. The molecule has 5 heteroatoms. The van der Waals surface area contributed by atoms with Crippen molar-refractivity contribution in [3.05, 3.63) is 34.6 Å². The molecule has 0 spiro atoms. The molecule has 1 saturated carbocycles. The van der Waals surface area contributed by atoms with Crippen molar-refractivity contribution in [2.45, 2.75) is 37.6 Å². The molecule has 2 atom stereocenters. The zero-order chi connectivity index (χ0) is 13.2. The van der Waals surface area contributed by atoms with Gasteiger partial charge >= 0.3 is 0 Å². The van der Waals surface area contributed by atoms with Crippen LogP contribution in [0.5, 0.6) is 0 Å². The van der Waals surface area contributed by atoms with E-state index >= 15 is 0 Å². The number of rotatable bonds is 2. The third kappa shape index (κ3) is 2.58. The minimum absolute atomic E-state index is 0.140. The van der Waals surface area contributed by atoms with Crippen LogP contribution in [0.25, 0.3) is 11.4 Å². The third-order valence-corrected chi connectivity index (χ3v) is 4.38. The predicted octanol–water partition coefficient (Wildman–Crippen LogP) is 3.48. The molecular formula is C14H16BrN3O. The molecule has 0 saturated heterocycles. The molecule has 2 unspecified atom stereocenters. The van der Waals surface area contributed by atoms with Crippen molar-refractivity contribution in [2.75, 3.05) is 0 Å². The van der Waals surface area contributed by atoms with E-state index in [1.807, 2.05) is 24.3 Å². The minimum atomic E-state index is 0.140. The van der Waals surface area contributed by atoms with Gasteiger partial charge in [0.15, 0.2) is 0 Å². The van der Waals surface area contributed by atoms with Gasteiger partial charge in [-0.15, -0.1) is 0 Å². The zero-order valence-corrected chi connectivity index (χ0v) is 12.1. The summed E-state index contributed by atoms with van der Waals surface area (Å²) in [5.74, 6) is 1.51. The molecule has 0 bridgehead atoms. The lowest BCUT2D eigenvalue weighted by Crippen LogP contribution is -2.31. The lowest BCUT2D eigenvalue weighted by atomic mass is 9.85. The standard InChI is InChI=1S/C14H16BrN3O/c15-11-7-3-1-5-9(11)13-17-14(19-18-13)10-6-2-4-8-12(10)16/h1,3,5,7,10,12H,2,4,6,8,16H2. The number of hydrogen-bond acceptors (Lipinski definition) is 4. The van der Waals surface area contributed by atoms with Crippen molar-refractivity contribution >= 4 is 15.9 Å². The van der Waals surface area contributed by atoms with E-state index in [0.717, 1.165) is 22.9 Å². The second-order valence-electron chi connectivity index (χ2n) is 4.99. The van der Waals surface area contributed by atoms with Crippen molar-refractivity contribution in [1.29, 1.82) is 0 Å². The van der Waals surface area contributed by atoms with E-state index in [1.54, 1.807) is 0 Å². The molecule has 0 amide bonds. The Balaban J connectivity index is 1.89. The van der Waals surface area contributed by atoms with E-state index in [9.17, 15) is 0 Å². The van der Waals surface area contributed by atoms with E-state index in [-0.39, 0.29) is 12.0 Å². The average Bonchev–Trinajstić information content (AvgIpc) is 2.89. The first-order chi connectivity index (χ1) is 9.25. The van der Waals surface area contributed by atoms with Gasteiger partial charge in [0, 0.05) is 16.1 Å². The predicted molar refractivity (Wildman–Crippen MR) is 76.6 cm³/mol. The first-order valence-corrected chi connectivity index (χ1v) is 7.39. The van der Waals surface area contributed by atoms with Gasteiger partial charge in [-0.2, -0.15) is 4.98 Å². The molecule has 0 aliphatic heterocycles. The number of nitrogens with two attached hydrogens (primary N) is 1. The second kappa shape index (κ2) is 5.43. The van der Waals surface area contributed by atoms with E-state index in [0.29, 0.717) is 11.7 Å². The fourth-order valence-electron chi connectivity index (χ4n) is 2.60. The quantitative estimate of drug-likeness (QED) is 0.919. The van der Waals surface area contributed by atoms with E-state index in [4.69, 9.17) is 10.3 Å². The van der Waals surface area contributed by atoms with Crippen LogP contribution in [0.1, 0.15) is 37.5 Å². The SMILES string of the molecule is NC1CCCCC1c1nc(-c2ccccc2Br)no1. The van der Waals surface area contributed by atoms with Gasteiger partial charge in [-0.05, 0) is 25.0 Å². The molecule has 100 valence electrons. The van der Waals surface area contributed by atoms with Gasteiger partial charge < -0.3 is 10.3 Å². The van der Waals surface area contributed by atoms with E-state index in [1.165, 1.54) is 12.8 Å². The highest BCUT2D eigenvalue weighted by Crippen LogP contribution is 2.33. The molecule has 1 aliphatic carbocycles. The van der Waals surface area contributed by atoms with Crippen molar-refractivity contribution in [2.24, 2.45) is 5.73 Å². The van der Waals surface area contributed by atoms with Crippen molar-refractivity contribution in [1.82, 2.24) is 10.1 Å². The van der Waals surface area contributed by atoms with Crippen molar-refractivity contribution in [3.63, 3.8) is 0 Å². The Hall–Kier alpha value is -1.20. The van der Waals surface area contributed by atoms with Gasteiger partial charge in [0.05, 0.1) is 5.92 Å². The normalized spacial score (nSPS) is 23.5. The van der Waals surface area contributed by atoms with Crippen LogP contribution in [0.3, 0.4) is 0 Å². The Morgan fingerprint density at radius 3 is 2.79 bits per heavy atom.